The fourth-order valence-electron chi connectivity index (χ4n) is 7.54. The SMILES string of the molecule is CCCCCCCCCCCCCCCCCCCCCC(=O)NC(CO)C(O)CCCCCCCCCCCCCCCCCCCCC. The molecule has 0 spiro atoms. The second-order valence-corrected chi connectivity index (χ2v) is 16.2. The lowest BCUT2D eigenvalue weighted by Crippen LogP contribution is -2.45. The van der Waals surface area contributed by atoms with Crippen molar-refractivity contribution in [1.82, 2.24) is 5.32 Å². The summed E-state index contributed by atoms with van der Waals surface area (Å²) < 4.78 is 0. The summed E-state index contributed by atoms with van der Waals surface area (Å²) in [5.74, 6) is -0.0248. The number of carbonyl (C=O) groups excluding carboxylic acids is 1. The Morgan fingerprint density at radius 1 is 0.400 bits per heavy atom. The highest BCUT2D eigenvalue weighted by molar-refractivity contribution is 5.76. The van der Waals surface area contributed by atoms with Crippen molar-refractivity contribution in [3.63, 3.8) is 0 Å². The molecule has 0 aromatic carbocycles. The molecular weight excluding hydrogens is 615 g/mol. The predicted molar refractivity (Wildman–Crippen MR) is 221 cm³/mol. The molecule has 300 valence electrons. The first-order valence-corrected chi connectivity index (χ1v) is 23.2. The number of carbonyl (C=O) groups is 1. The Hall–Kier alpha value is -0.610. The third-order valence-corrected chi connectivity index (χ3v) is 11.1. The summed E-state index contributed by atoms with van der Waals surface area (Å²) >= 11 is 0. The summed E-state index contributed by atoms with van der Waals surface area (Å²) in [6, 6.07) is -0.529. The molecule has 2 atom stereocenters. The first-order chi connectivity index (χ1) is 24.7. The van der Waals surface area contributed by atoms with Crippen LogP contribution in [0.4, 0.5) is 0 Å². The van der Waals surface area contributed by atoms with Crippen molar-refractivity contribution in [3.05, 3.63) is 0 Å². The molecular formula is C46H93NO3. The molecule has 0 aromatic heterocycles. The average molecular weight is 708 g/mol. The van der Waals surface area contributed by atoms with Crippen LogP contribution in [0, 0.1) is 0 Å². The molecule has 0 aliphatic heterocycles. The van der Waals surface area contributed by atoms with Gasteiger partial charge < -0.3 is 15.5 Å². The topological polar surface area (TPSA) is 69.6 Å². The number of unbranched alkanes of at least 4 members (excludes halogenated alkanes) is 36. The van der Waals surface area contributed by atoms with Gasteiger partial charge in [0.1, 0.15) is 0 Å². The smallest absolute Gasteiger partial charge is 0.220 e. The lowest BCUT2D eigenvalue weighted by atomic mass is 10.0. The van der Waals surface area contributed by atoms with Crippen LogP contribution in [-0.2, 0) is 4.79 Å². The zero-order valence-corrected chi connectivity index (χ0v) is 34.4. The van der Waals surface area contributed by atoms with Crippen LogP contribution in [-0.4, -0.2) is 34.9 Å². The van der Waals surface area contributed by atoms with E-state index in [4.69, 9.17) is 0 Å². The monoisotopic (exact) mass is 708 g/mol. The van der Waals surface area contributed by atoms with E-state index in [2.05, 4.69) is 19.2 Å². The van der Waals surface area contributed by atoms with Crippen LogP contribution in [0.2, 0.25) is 0 Å². The summed E-state index contributed by atoms with van der Waals surface area (Å²) in [5, 5.41) is 23.2. The van der Waals surface area contributed by atoms with Gasteiger partial charge in [-0.1, -0.05) is 251 Å². The van der Waals surface area contributed by atoms with Gasteiger partial charge in [-0.3, -0.25) is 4.79 Å². The number of aliphatic hydroxyl groups excluding tert-OH is 2. The molecule has 4 nitrogen and oxygen atoms in total. The fraction of sp³-hybridized carbons (Fsp3) is 0.978. The molecule has 0 saturated heterocycles. The Balaban J connectivity index is 3.45. The van der Waals surface area contributed by atoms with E-state index in [-0.39, 0.29) is 12.5 Å². The van der Waals surface area contributed by atoms with Gasteiger partial charge in [0, 0.05) is 6.42 Å². The van der Waals surface area contributed by atoms with Crippen LogP contribution in [0.25, 0.3) is 0 Å². The number of rotatable bonds is 43. The largest absolute Gasteiger partial charge is 0.394 e. The zero-order valence-electron chi connectivity index (χ0n) is 34.4. The number of amides is 1. The Kier molecular flexibility index (Phi) is 42.3. The molecule has 4 heteroatoms. The fourth-order valence-corrected chi connectivity index (χ4v) is 7.54. The third-order valence-electron chi connectivity index (χ3n) is 11.1. The molecule has 0 bridgehead atoms. The van der Waals surface area contributed by atoms with Crippen LogP contribution < -0.4 is 5.32 Å². The Labute approximate surface area is 314 Å². The molecule has 50 heavy (non-hydrogen) atoms. The summed E-state index contributed by atoms with van der Waals surface area (Å²) in [7, 11) is 0. The van der Waals surface area contributed by atoms with Crippen LogP contribution >= 0.6 is 0 Å². The summed E-state index contributed by atoms with van der Waals surface area (Å²) in [6.45, 7) is 4.39. The average Bonchev–Trinajstić information content (AvgIpc) is 3.12. The van der Waals surface area contributed by atoms with E-state index in [0.29, 0.717) is 12.8 Å². The van der Waals surface area contributed by atoms with Crippen LogP contribution in [0.3, 0.4) is 0 Å². The van der Waals surface area contributed by atoms with Crippen LogP contribution in [0.1, 0.15) is 271 Å². The highest BCUT2D eigenvalue weighted by Crippen LogP contribution is 2.17. The van der Waals surface area contributed by atoms with Gasteiger partial charge in [-0.25, -0.2) is 0 Å². The summed E-state index contributed by atoms with van der Waals surface area (Å²) in [5.41, 5.74) is 0. The van der Waals surface area contributed by atoms with Crippen molar-refractivity contribution in [2.24, 2.45) is 0 Å². The first kappa shape index (κ1) is 49.4. The number of hydrogen-bond donors (Lipinski definition) is 3. The molecule has 0 aliphatic carbocycles. The van der Waals surface area contributed by atoms with Gasteiger partial charge in [-0.15, -0.1) is 0 Å². The minimum atomic E-state index is -0.653. The van der Waals surface area contributed by atoms with E-state index in [9.17, 15) is 15.0 Å². The molecule has 2 unspecified atom stereocenters. The van der Waals surface area contributed by atoms with E-state index in [1.807, 2.05) is 0 Å². The lowest BCUT2D eigenvalue weighted by Gasteiger charge is -2.22. The van der Waals surface area contributed by atoms with Gasteiger partial charge >= 0.3 is 0 Å². The normalized spacial score (nSPS) is 12.8. The second kappa shape index (κ2) is 42.8. The zero-order chi connectivity index (χ0) is 36.4. The van der Waals surface area contributed by atoms with E-state index < -0.39 is 12.1 Å². The Morgan fingerprint density at radius 2 is 0.640 bits per heavy atom. The second-order valence-electron chi connectivity index (χ2n) is 16.2. The highest BCUT2D eigenvalue weighted by atomic mass is 16.3. The molecule has 0 saturated carbocycles. The highest BCUT2D eigenvalue weighted by Gasteiger charge is 2.20. The number of nitrogens with one attached hydrogen (secondary N) is 1. The molecule has 0 rings (SSSR count). The standard InChI is InChI=1S/C46H93NO3/c1-3-5-7-9-11-13-15-17-19-21-23-25-27-29-31-33-35-37-39-41-45(49)44(43-48)47-46(50)42-40-38-36-34-32-30-28-26-24-22-20-18-16-14-12-10-8-6-4-2/h44-45,48-49H,3-43H2,1-2H3,(H,47,50). The molecule has 0 aliphatic rings. The van der Waals surface area contributed by atoms with Crippen molar-refractivity contribution in [1.29, 1.82) is 0 Å². The van der Waals surface area contributed by atoms with Gasteiger partial charge in [0.05, 0.1) is 18.8 Å². The molecule has 0 heterocycles. The van der Waals surface area contributed by atoms with E-state index >= 15 is 0 Å². The summed E-state index contributed by atoms with van der Waals surface area (Å²) in [4.78, 5) is 12.4. The quantitative estimate of drug-likeness (QED) is 0.0553. The van der Waals surface area contributed by atoms with Gasteiger partial charge in [0.15, 0.2) is 0 Å². The maximum atomic E-state index is 12.4. The van der Waals surface area contributed by atoms with E-state index in [1.54, 1.807) is 0 Å². The molecule has 0 aromatic rings. The minimum absolute atomic E-state index is 0.0248. The maximum Gasteiger partial charge on any atom is 0.220 e. The van der Waals surface area contributed by atoms with Crippen molar-refractivity contribution < 1.29 is 15.0 Å². The van der Waals surface area contributed by atoms with Crippen LogP contribution in [0.15, 0.2) is 0 Å². The van der Waals surface area contributed by atoms with Crippen LogP contribution in [0.5, 0.6) is 0 Å². The third kappa shape index (κ3) is 38.6. The molecule has 1 amide bonds. The van der Waals surface area contributed by atoms with E-state index in [0.717, 1.165) is 25.7 Å². The van der Waals surface area contributed by atoms with Gasteiger partial charge in [0.2, 0.25) is 5.91 Å². The molecule has 3 N–H and O–H groups in total. The van der Waals surface area contributed by atoms with Gasteiger partial charge in [-0.2, -0.15) is 0 Å². The lowest BCUT2D eigenvalue weighted by molar-refractivity contribution is -0.123. The molecule has 0 radical (unpaired) electrons. The minimum Gasteiger partial charge on any atom is -0.394 e. The molecule has 0 fully saturated rings. The van der Waals surface area contributed by atoms with Crippen molar-refractivity contribution in [2.75, 3.05) is 6.61 Å². The van der Waals surface area contributed by atoms with E-state index in [1.165, 1.54) is 218 Å². The van der Waals surface area contributed by atoms with Crippen molar-refractivity contribution >= 4 is 5.91 Å². The summed E-state index contributed by atoms with van der Waals surface area (Å²) in [6.07, 6.45) is 51.9. The Morgan fingerprint density at radius 3 is 0.900 bits per heavy atom. The van der Waals surface area contributed by atoms with Crippen molar-refractivity contribution in [3.8, 4) is 0 Å². The van der Waals surface area contributed by atoms with Crippen molar-refractivity contribution in [2.45, 2.75) is 283 Å². The maximum absolute atomic E-state index is 12.4. The number of aliphatic hydroxyl groups is 2. The predicted octanol–water partition coefficient (Wildman–Crippen LogP) is 14.5. The number of hydrogen-bond acceptors (Lipinski definition) is 3. The van der Waals surface area contributed by atoms with Gasteiger partial charge in [0.25, 0.3) is 0 Å². The first-order valence-electron chi connectivity index (χ1n) is 23.2. The van der Waals surface area contributed by atoms with Gasteiger partial charge in [-0.05, 0) is 12.8 Å². The Bertz CT molecular complexity index is 641.